The van der Waals surface area contributed by atoms with E-state index in [9.17, 15) is 18.8 Å². The van der Waals surface area contributed by atoms with Crippen LogP contribution in [-0.2, 0) is 5.75 Å². The average molecular weight is 507 g/mol. The quantitative estimate of drug-likeness (QED) is 0.231. The number of carbonyl (C=O) groups excluding carboxylic acids is 1. The number of rotatable bonds is 8. The van der Waals surface area contributed by atoms with Crippen LogP contribution in [0, 0.1) is 18.3 Å². The third-order valence-electron chi connectivity index (χ3n) is 4.38. The summed E-state index contributed by atoms with van der Waals surface area (Å²) in [6, 6.07) is 11.8. The number of alkyl halides is 2. The summed E-state index contributed by atoms with van der Waals surface area (Å²) in [5.74, 6) is 0.521. The molecule has 2 aromatic heterocycles. The lowest BCUT2D eigenvalue weighted by Gasteiger charge is -2.11. The molecule has 3 rings (SSSR count). The van der Waals surface area contributed by atoms with Crippen LogP contribution in [0.25, 0.3) is 0 Å². The molecule has 0 bridgehead atoms. The summed E-state index contributed by atoms with van der Waals surface area (Å²) in [4.78, 5) is 16.5. The van der Waals surface area contributed by atoms with E-state index in [0.717, 1.165) is 28.7 Å². The fraction of sp³-hybridized carbons (Fsp3) is 0.182. The number of aryl methyl sites for hydroxylation is 1. The molecule has 0 fully saturated rings. The summed E-state index contributed by atoms with van der Waals surface area (Å²) in [6.45, 7) is 1.60. The highest BCUT2D eigenvalue weighted by atomic mass is 35.5. The normalized spacial score (nSPS) is 11.1. The average Bonchev–Trinajstić information content (AvgIpc) is 3.23. The molecule has 0 radical (unpaired) electrons. The predicted octanol–water partition coefficient (Wildman–Crippen LogP) is 5.98. The van der Waals surface area contributed by atoms with Crippen molar-refractivity contribution in [2.75, 3.05) is 7.11 Å². The van der Waals surface area contributed by atoms with E-state index in [1.807, 2.05) is 6.07 Å². The maximum Gasteiger partial charge on any atom is 0.281 e. The minimum Gasteiger partial charge on any atom is -0.496 e. The summed E-state index contributed by atoms with van der Waals surface area (Å²) in [5.41, 5.74) is 4.20. The second-order valence-corrected chi connectivity index (χ2v) is 9.30. The Morgan fingerprint density at radius 3 is 2.82 bits per heavy atom. The molecule has 1 N–H and O–H groups in total. The second-order valence-electron chi connectivity index (χ2n) is 6.62. The molecule has 1 amide bonds. The number of ether oxygens (including phenoxy) is 1. The lowest BCUT2D eigenvalue weighted by molar-refractivity contribution is 0.0959. The number of hydrogen-bond acceptors (Lipinski definition) is 7. The number of pyridine rings is 1. The lowest BCUT2D eigenvalue weighted by Crippen LogP contribution is -2.16. The van der Waals surface area contributed by atoms with Gasteiger partial charge in [-0.05, 0) is 54.4 Å². The molecule has 0 aliphatic rings. The van der Waals surface area contributed by atoms with Crippen LogP contribution >= 0.6 is 34.7 Å². The van der Waals surface area contributed by atoms with Crippen molar-refractivity contribution in [1.29, 1.82) is 5.26 Å². The van der Waals surface area contributed by atoms with Gasteiger partial charge in [-0.15, -0.1) is 23.1 Å². The van der Waals surface area contributed by atoms with Crippen molar-refractivity contribution in [3.63, 3.8) is 0 Å². The minimum atomic E-state index is -2.73. The van der Waals surface area contributed by atoms with Crippen molar-refractivity contribution in [2.24, 2.45) is 5.10 Å². The smallest absolute Gasteiger partial charge is 0.281 e. The van der Waals surface area contributed by atoms with Crippen molar-refractivity contribution in [3.05, 3.63) is 73.6 Å². The lowest BCUT2D eigenvalue weighted by atomic mass is 10.1. The molecule has 1 aromatic carbocycles. The highest BCUT2D eigenvalue weighted by Crippen LogP contribution is 2.32. The SMILES string of the molecule is COc1ccc(/C=N/NC(=O)c2ccc(Cl)s2)cc1CSc1nc(C(F)F)cc(C)c1C#N. The van der Waals surface area contributed by atoms with Crippen molar-refractivity contribution in [3.8, 4) is 11.8 Å². The summed E-state index contributed by atoms with van der Waals surface area (Å²) in [7, 11) is 1.52. The fourth-order valence-electron chi connectivity index (χ4n) is 2.81. The number of amides is 1. The molecular formula is C22H17ClF2N4O2S2. The minimum absolute atomic E-state index is 0.232. The molecule has 0 saturated heterocycles. The van der Waals surface area contributed by atoms with Crippen LogP contribution in [0.5, 0.6) is 5.75 Å². The van der Waals surface area contributed by atoms with Crippen molar-refractivity contribution in [1.82, 2.24) is 10.4 Å². The number of benzene rings is 1. The van der Waals surface area contributed by atoms with E-state index in [-0.39, 0.29) is 22.2 Å². The number of thiophene rings is 1. The van der Waals surface area contributed by atoms with Gasteiger partial charge in [-0.1, -0.05) is 11.6 Å². The zero-order valence-corrected chi connectivity index (χ0v) is 19.8. The first-order valence-electron chi connectivity index (χ1n) is 9.40. The molecule has 170 valence electrons. The van der Waals surface area contributed by atoms with Gasteiger partial charge in [0, 0.05) is 11.3 Å². The Kier molecular flexibility index (Phi) is 8.38. The number of nitrogens with zero attached hydrogens (tertiary/aromatic N) is 3. The molecule has 0 aliphatic carbocycles. The van der Waals surface area contributed by atoms with Crippen LogP contribution in [0.4, 0.5) is 8.78 Å². The van der Waals surface area contributed by atoms with E-state index in [4.69, 9.17) is 16.3 Å². The highest BCUT2D eigenvalue weighted by Gasteiger charge is 2.17. The molecule has 33 heavy (non-hydrogen) atoms. The first-order valence-corrected chi connectivity index (χ1v) is 11.6. The Bertz CT molecular complexity index is 1240. The monoisotopic (exact) mass is 506 g/mol. The molecule has 3 aromatic rings. The number of hydrazone groups is 1. The molecule has 0 atom stereocenters. The van der Waals surface area contributed by atoms with E-state index in [2.05, 4.69) is 15.5 Å². The zero-order chi connectivity index (χ0) is 24.0. The fourth-order valence-corrected chi connectivity index (χ4v) is 4.79. The standard InChI is InChI=1S/C22H17ClF2N4O2S2/c1-12-7-16(20(24)25)28-22(15(12)9-26)32-11-14-8-13(3-4-17(14)31-2)10-27-29-21(30)18-5-6-19(23)33-18/h3-8,10,20H,11H2,1-2H3,(H,29,30)/b27-10+. The predicted molar refractivity (Wildman–Crippen MR) is 126 cm³/mol. The number of hydrogen-bond donors (Lipinski definition) is 1. The summed E-state index contributed by atoms with van der Waals surface area (Å²) < 4.78 is 32.2. The van der Waals surface area contributed by atoms with Crippen LogP contribution in [0.2, 0.25) is 4.34 Å². The van der Waals surface area contributed by atoms with Gasteiger partial charge in [0.2, 0.25) is 0 Å². The molecule has 0 saturated carbocycles. The highest BCUT2D eigenvalue weighted by molar-refractivity contribution is 7.98. The number of halogens is 3. The summed E-state index contributed by atoms with van der Waals surface area (Å²) >= 11 is 8.14. The number of carbonyl (C=O) groups is 1. The van der Waals surface area contributed by atoms with Crippen LogP contribution in [0.1, 0.15) is 44.0 Å². The zero-order valence-electron chi connectivity index (χ0n) is 17.4. The van der Waals surface area contributed by atoms with Gasteiger partial charge < -0.3 is 4.74 Å². The van der Waals surface area contributed by atoms with Gasteiger partial charge in [-0.25, -0.2) is 19.2 Å². The number of aromatic nitrogens is 1. The first-order chi connectivity index (χ1) is 15.8. The van der Waals surface area contributed by atoms with Gasteiger partial charge in [-0.3, -0.25) is 4.79 Å². The van der Waals surface area contributed by atoms with E-state index in [1.165, 1.54) is 19.4 Å². The van der Waals surface area contributed by atoms with Gasteiger partial charge in [0.25, 0.3) is 12.3 Å². The number of methoxy groups -OCH3 is 1. The molecule has 11 heteroatoms. The molecule has 0 aliphatic heterocycles. The van der Waals surface area contributed by atoms with Crippen molar-refractivity contribution >= 4 is 46.8 Å². The maximum absolute atomic E-state index is 13.2. The third kappa shape index (κ3) is 6.28. The van der Waals surface area contributed by atoms with E-state index >= 15 is 0 Å². The van der Waals surface area contributed by atoms with Crippen LogP contribution in [0.3, 0.4) is 0 Å². The van der Waals surface area contributed by atoms with Gasteiger partial charge in [0.15, 0.2) is 0 Å². The number of nitrogens with one attached hydrogen (secondary N) is 1. The molecule has 0 unspecified atom stereocenters. The topological polar surface area (TPSA) is 87.4 Å². The Labute approximate surface area is 202 Å². The van der Waals surface area contributed by atoms with E-state index < -0.39 is 6.43 Å². The van der Waals surface area contributed by atoms with Gasteiger partial charge in [0.05, 0.1) is 28.1 Å². The summed E-state index contributed by atoms with van der Waals surface area (Å²) in [5, 5.41) is 13.6. The summed E-state index contributed by atoms with van der Waals surface area (Å²) in [6.07, 6.45) is -1.26. The third-order valence-corrected chi connectivity index (χ3v) is 6.64. The number of thioether (sulfide) groups is 1. The Morgan fingerprint density at radius 2 is 2.18 bits per heavy atom. The van der Waals surface area contributed by atoms with Gasteiger partial charge >= 0.3 is 0 Å². The maximum atomic E-state index is 13.2. The molecular weight excluding hydrogens is 490 g/mol. The van der Waals surface area contributed by atoms with Crippen LogP contribution < -0.4 is 10.2 Å². The van der Waals surface area contributed by atoms with E-state index in [1.54, 1.807) is 37.3 Å². The molecule has 6 nitrogen and oxygen atoms in total. The Morgan fingerprint density at radius 1 is 1.39 bits per heavy atom. The number of nitriles is 1. The van der Waals surface area contributed by atoms with Crippen molar-refractivity contribution in [2.45, 2.75) is 24.1 Å². The largest absolute Gasteiger partial charge is 0.496 e. The Balaban J connectivity index is 1.77. The van der Waals surface area contributed by atoms with Crippen LogP contribution in [0.15, 0.2) is 46.5 Å². The van der Waals surface area contributed by atoms with Crippen molar-refractivity contribution < 1.29 is 18.3 Å². The molecule has 2 heterocycles. The first kappa shape index (κ1) is 24.6. The Hall–Kier alpha value is -3.00. The second kappa shape index (κ2) is 11.2. The van der Waals surface area contributed by atoms with Crippen LogP contribution in [-0.4, -0.2) is 24.2 Å². The molecule has 0 spiro atoms. The van der Waals surface area contributed by atoms with Gasteiger partial charge in [-0.2, -0.15) is 10.4 Å². The van der Waals surface area contributed by atoms with Gasteiger partial charge in [0.1, 0.15) is 22.5 Å². The van der Waals surface area contributed by atoms with E-state index in [0.29, 0.717) is 31.8 Å².